The molecule has 1 aliphatic rings. The van der Waals surface area contributed by atoms with Gasteiger partial charge in [0, 0.05) is 19.0 Å². The number of hydrogen-bond acceptors (Lipinski definition) is 2. The van der Waals surface area contributed by atoms with Crippen molar-refractivity contribution in [1.82, 2.24) is 15.1 Å². The lowest BCUT2D eigenvalue weighted by Crippen LogP contribution is -2.25. The molecule has 15 heavy (non-hydrogen) atoms. The van der Waals surface area contributed by atoms with Gasteiger partial charge in [-0.2, -0.15) is 5.10 Å². The molecule has 0 amide bonds. The summed E-state index contributed by atoms with van der Waals surface area (Å²) in [6.07, 6.45) is 5.40. The van der Waals surface area contributed by atoms with Gasteiger partial charge in [0.1, 0.15) is 0 Å². The SMILES string of the molecule is CCNC1CCC(c2c(Cl)cnn2C)C1. The van der Waals surface area contributed by atoms with Crippen LogP contribution >= 0.6 is 11.6 Å². The van der Waals surface area contributed by atoms with Crippen molar-refractivity contribution in [2.45, 2.75) is 38.1 Å². The number of nitrogens with zero attached hydrogens (tertiary/aromatic N) is 2. The van der Waals surface area contributed by atoms with Gasteiger partial charge in [-0.3, -0.25) is 4.68 Å². The monoisotopic (exact) mass is 227 g/mol. The summed E-state index contributed by atoms with van der Waals surface area (Å²) in [4.78, 5) is 0. The minimum absolute atomic E-state index is 0.578. The molecule has 1 saturated carbocycles. The van der Waals surface area contributed by atoms with Crippen molar-refractivity contribution < 1.29 is 0 Å². The van der Waals surface area contributed by atoms with Crippen LogP contribution < -0.4 is 5.32 Å². The average Bonchev–Trinajstić information content (AvgIpc) is 2.75. The normalized spacial score (nSPS) is 26.1. The number of nitrogens with one attached hydrogen (secondary N) is 1. The molecule has 1 N–H and O–H groups in total. The Kier molecular flexibility index (Phi) is 3.32. The fraction of sp³-hybridized carbons (Fsp3) is 0.727. The van der Waals surface area contributed by atoms with E-state index in [-0.39, 0.29) is 0 Å². The van der Waals surface area contributed by atoms with E-state index in [1.54, 1.807) is 6.20 Å². The third-order valence-electron chi connectivity index (χ3n) is 3.25. The lowest BCUT2D eigenvalue weighted by atomic mass is 10.0. The summed E-state index contributed by atoms with van der Waals surface area (Å²) in [6.45, 7) is 3.21. The lowest BCUT2D eigenvalue weighted by Gasteiger charge is -2.12. The molecule has 2 unspecified atom stereocenters. The van der Waals surface area contributed by atoms with Gasteiger partial charge in [-0.05, 0) is 25.8 Å². The smallest absolute Gasteiger partial charge is 0.0820 e. The first-order valence-electron chi connectivity index (χ1n) is 5.63. The van der Waals surface area contributed by atoms with Crippen molar-refractivity contribution in [3.05, 3.63) is 16.9 Å². The van der Waals surface area contributed by atoms with Crippen LogP contribution in [0.2, 0.25) is 5.02 Å². The third-order valence-corrected chi connectivity index (χ3v) is 3.54. The van der Waals surface area contributed by atoms with Crippen LogP contribution in [0.4, 0.5) is 0 Å². The van der Waals surface area contributed by atoms with Crippen molar-refractivity contribution >= 4 is 11.6 Å². The molecule has 1 aromatic heterocycles. The van der Waals surface area contributed by atoms with Crippen molar-refractivity contribution in [3.8, 4) is 0 Å². The summed E-state index contributed by atoms with van der Waals surface area (Å²) in [6, 6.07) is 0.658. The molecule has 1 aliphatic carbocycles. The summed E-state index contributed by atoms with van der Waals surface area (Å²) in [5, 5.41) is 8.52. The van der Waals surface area contributed by atoms with Crippen molar-refractivity contribution in [2.75, 3.05) is 6.54 Å². The Morgan fingerprint density at radius 2 is 2.40 bits per heavy atom. The third kappa shape index (κ3) is 2.18. The maximum atomic E-state index is 6.15. The molecule has 2 atom stereocenters. The largest absolute Gasteiger partial charge is 0.314 e. The number of rotatable bonds is 3. The Labute approximate surface area is 95.8 Å². The highest BCUT2D eigenvalue weighted by Crippen LogP contribution is 2.37. The average molecular weight is 228 g/mol. The molecule has 0 aliphatic heterocycles. The standard InChI is InChI=1S/C11H18ClN3/c1-3-13-9-5-4-8(6-9)11-10(12)7-14-15(11)2/h7-9,13H,3-6H2,1-2H3. The van der Waals surface area contributed by atoms with E-state index in [0.29, 0.717) is 12.0 Å². The van der Waals surface area contributed by atoms with Gasteiger partial charge in [0.25, 0.3) is 0 Å². The predicted octanol–water partition coefficient (Wildman–Crippen LogP) is 2.32. The Hall–Kier alpha value is -0.540. The first-order valence-corrected chi connectivity index (χ1v) is 6.01. The van der Waals surface area contributed by atoms with Gasteiger partial charge >= 0.3 is 0 Å². The van der Waals surface area contributed by atoms with E-state index in [0.717, 1.165) is 11.6 Å². The summed E-state index contributed by atoms with van der Waals surface area (Å²) >= 11 is 6.15. The van der Waals surface area contributed by atoms with Gasteiger partial charge in [-0.25, -0.2) is 0 Å². The van der Waals surface area contributed by atoms with Crippen molar-refractivity contribution in [1.29, 1.82) is 0 Å². The Morgan fingerprint density at radius 3 is 3.00 bits per heavy atom. The van der Waals surface area contributed by atoms with E-state index >= 15 is 0 Å². The lowest BCUT2D eigenvalue weighted by molar-refractivity contribution is 0.527. The van der Waals surface area contributed by atoms with E-state index in [4.69, 9.17) is 11.6 Å². The molecule has 3 nitrogen and oxygen atoms in total. The minimum Gasteiger partial charge on any atom is -0.314 e. The number of halogens is 1. The molecule has 0 spiro atoms. The predicted molar refractivity (Wildman–Crippen MR) is 62.3 cm³/mol. The zero-order chi connectivity index (χ0) is 10.8. The van der Waals surface area contributed by atoms with Crippen LogP contribution in [-0.4, -0.2) is 22.4 Å². The van der Waals surface area contributed by atoms with Crippen LogP contribution in [0.1, 0.15) is 37.8 Å². The fourth-order valence-corrected chi connectivity index (χ4v) is 2.90. The summed E-state index contributed by atoms with van der Waals surface area (Å²) in [5.74, 6) is 0.578. The van der Waals surface area contributed by atoms with Crippen LogP contribution in [0.15, 0.2) is 6.20 Å². The van der Waals surface area contributed by atoms with Crippen LogP contribution in [0.3, 0.4) is 0 Å². The van der Waals surface area contributed by atoms with E-state index in [9.17, 15) is 0 Å². The van der Waals surface area contributed by atoms with Gasteiger partial charge in [0.05, 0.1) is 16.9 Å². The molecule has 1 heterocycles. The van der Waals surface area contributed by atoms with Gasteiger partial charge in [0.2, 0.25) is 0 Å². The highest BCUT2D eigenvalue weighted by Gasteiger charge is 2.28. The molecular weight excluding hydrogens is 210 g/mol. The van der Waals surface area contributed by atoms with Gasteiger partial charge < -0.3 is 5.32 Å². The second-order valence-corrected chi connectivity index (χ2v) is 4.67. The molecule has 0 radical (unpaired) electrons. The summed E-state index contributed by atoms with van der Waals surface area (Å²) in [7, 11) is 1.97. The van der Waals surface area contributed by atoms with Gasteiger partial charge in [-0.15, -0.1) is 0 Å². The van der Waals surface area contributed by atoms with E-state index in [2.05, 4.69) is 17.3 Å². The van der Waals surface area contributed by atoms with Crippen LogP contribution in [0.5, 0.6) is 0 Å². The second-order valence-electron chi connectivity index (χ2n) is 4.27. The zero-order valence-electron chi connectivity index (χ0n) is 9.33. The van der Waals surface area contributed by atoms with E-state index in [1.165, 1.54) is 25.0 Å². The molecule has 4 heteroatoms. The topological polar surface area (TPSA) is 29.9 Å². The molecular formula is C11H18ClN3. The van der Waals surface area contributed by atoms with Gasteiger partial charge in [0.15, 0.2) is 0 Å². The Bertz CT molecular complexity index is 315. The maximum absolute atomic E-state index is 6.15. The van der Waals surface area contributed by atoms with Crippen LogP contribution in [0.25, 0.3) is 0 Å². The summed E-state index contributed by atoms with van der Waals surface area (Å²) in [5.41, 5.74) is 1.21. The Balaban J connectivity index is 2.07. The first-order chi connectivity index (χ1) is 7.22. The number of hydrogen-bond donors (Lipinski definition) is 1. The maximum Gasteiger partial charge on any atom is 0.0820 e. The minimum atomic E-state index is 0.578. The van der Waals surface area contributed by atoms with Crippen LogP contribution in [0, 0.1) is 0 Å². The van der Waals surface area contributed by atoms with E-state index < -0.39 is 0 Å². The molecule has 0 bridgehead atoms. The van der Waals surface area contributed by atoms with Gasteiger partial charge in [-0.1, -0.05) is 18.5 Å². The van der Waals surface area contributed by atoms with Crippen molar-refractivity contribution in [3.63, 3.8) is 0 Å². The molecule has 1 fully saturated rings. The first kappa shape index (κ1) is 11.0. The van der Waals surface area contributed by atoms with E-state index in [1.807, 2.05) is 11.7 Å². The second kappa shape index (κ2) is 4.54. The fourth-order valence-electron chi connectivity index (χ4n) is 2.58. The molecule has 0 aromatic carbocycles. The highest BCUT2D eigenvalue weighted by atomic mass is 35.5. The number of aryl methyl sites for hydroxylation is 1. The molecule has 1 aromatic rings. The van der Waals surface area contributed by atoms with Crippen LogP contribution in [-0.2, 0) is 7.05 Å². The quantitative estimate of drug-likeness (QED) is 0.859. The molecule has 2 rings (SSSR count). The Morgan fingerprint density at radius 1 is 1.60 bits per heavy atom. The molecule has 84 valence electrons. The zero-order valence-corrected chi connectivity index (χ0v) is 10.1. The van der Waals surface area contributed by atoms with Crippen molar-refractivity contribution in [2.24, 2.45) is 7.05 Å². The highest BCUT2D eigenvalue weighted by molar-refractivity contribution is 6.31. The molecule has 0 saturated heterocycles. The summed E-state index contributed by atoms with van der Waals surface area (Å²) < 4.78 is 1.92. The number of aromatic nitrogens is 2.